The Morgan fingerprint density at radius 1 is 1.30 bits per heavy atom. The predicted molar refractivity (Wildman–Crippen MR) is 96.4 cm³/mol. The average Bonchev–Trinajstić information content (AvgIpc) is 2.63. The van der Waals surface area contributed by atoms with Crippen LogP contribution >= 0.6 is 23.4 Å². The van der Waals surface area contributed by atoms with Crippen molar-refractivity contribution >= 4 is 41.7 Å². The van der Waals surface area contributed by atoms with Gasteiger partial charge in [0.05, 0.1) is 16.9 Å². The molecule has 0 saturated carbocycles. The summed E-state index contributed by atoms with van der Waals surface area (Å²) >= 11 is 7.17. The molecule has 2 heterocycles. The zero-order valence-corrected chi connectivity index (χ0v) is 15.6. The molecule has 0 unspecified atom stereocenters. The maximum atomic E-state index is 11.3. The molecule has 0 N–H and O–H groups in total. The normalized spacial score (nSPS) is 19.9. The van der Waals surface area contributed by atoms with Gasteiger partial charge in [-0.2, -0.15) is 0 Å². The van der Waals surface area contributed by atoms with Crippen LogP contribution in [0.3, 0.4) is 0 Å². The van der Waals surface area contributed by atoms with E-state index in [9.17, 15) is 4.79 Å². The Labute approximate surface area is 147 Å². The van der Waals surface area contributed by atoms with Gasteiger partial charge in [0.25, 0.3) is 0 Å². The molecule has 0 aliphatic carbocycles. The third-order valence-electron chi connectivity index (χ3n) is 4.07. The van der Waals surface area contributed by atoms with Crippen molar-refractivity contribution in [1.29, 1.82) is 0 Å². The molecule has 1 aromatic heterocycles. The van der Waals surface area contributed by atoms with Crippen LogP contribution in [0, 0.1) is 0 Å². The minimum Gasteiger partial charge on any atom is -0.400 e. The monoisotopic (exact) mass is 353 g/mol. The number of carbonyl (C=O) groups excluding carboxylic acids is 1. The molecule has 0 amide bonds. The summed E-state index contributed by atoms with van der Waals surface area (Å²) in [6.07, 6.45) is 1.88. The van der Waals surface area contributed by atoms with Gasteiger partial charge in [-0.1, -0.05) is 29.4 Å². The molecule has 1 saturated heterocycles. The number of aromatic nitrogens is 1. The number of hydrogen-bond acceptors (Lipinski definition) is 5. The molecule has 1 fully saturated rings. The third kappa shape index (κ3) is 4.60. The average molecular weight is 354 g/mol. The van der Waals surface area contributed by atoms with E-state index in [1.807, 2.05) is 45.9 Å². The first-order valence-corrected chi connectivity index (χ1v) is 8.79. The van der Waals surface area contributed by atoms with Gasteiger partial charge in [-0.05, 0) is 51.4 Å². The number of rotatable bonds is 4. The molecule has 1 aliphatic rings. The molecule has 2 rings (SSSR count). The summed E-state index contributed by atoms with van der Waals surface area (Å²) in [4.78, 5) is 15.6. The molecule has 0 radical (unpaired) electrons. The van der Waals surface area contributed by atoms with Crippen LogP contribution in [0.1, 0.15) is 40.3 Å². The first-order valence-electron chi connectivity index (χ1n) is 7.43. The van der Waals surface area contributed by atoms with E-state index in [1.165, 1.54) is 11.8 Å². The molecule has 23 heavy (non-hydrogen) atoms. The lowest BCUT2D eigenvalue weighted by atomic mass is 9.78. The van der Waals surface area contributed by atoms with Gasteiger partial charge in [-0.3, -0.25) is 4.79 Å². The first kappa shape index (κ1) is 18.5. The molecular weight excluding hydrogens is 333 g/mol. The summed E-state index contributed by atoms with van der Waals surface area (Å²) in [7, 11) is -0.507. The van der Waals surface area contributed by atoms with Crippen LogP contribution in [0.5, 0.6) is 0 Å². The summed E-state index contributed by atoms with van der Waals surface area (Å²) in [6, 6.07) is 5.41. The zero-order chi connectivity index (χ0) is 17.3. The highest BCUT2D eigenvalue weighted by Crippen LogP contribution is 2.39. The third-order valence-corrected chi connectivity index (χ3v) is 5.16. The number of pyridine rings is 1. The Morgan fingerprint density at radius 2 is 1.91 bits per heavy atom. The van der Waals surface area contributed by atoms with E-state index in [4.69, 9.17) is 20.9 Å². The first-order chi connectivity index (χ1) is 10.6. The Balaban J connectivity index is 2.30. The van der Waals surface area contributed by atoms with Crippen LogP contribution in [0.15, 0.2) is 23.7 Å². The number of nitrogens with zero attached hydrogens (tertiary/aromatic N) is 1. The van der Waals surface area contributed by atoms with Gasteiger partial charge < -0.3 is 9.31 Å². The van der Waals surface area contributed by atoms with Crippen molar-refractivity contribution in [2.75, 3.05) is 5.75 Å². The predicted octanol–water partition coefficient (Wildman–Crippen LogP) is 4.03. The fraction of sp³-hybridized carbons (Fsp3) is 0.500. The summed E-state index contributed by atoms with van der Waals surface area (Å²) in [5.74, 6) is 0.486. The molecular formula is C16H21BClNO3S. The number of halogens is 1. The van der Waals surface area contributed by atoms with Gasteiger partial charge in [-0.15, -0.1) is 0 Å². The minimum absolute atomic E-state index is 0.0477. The van der Waals surface area contributed by atoms with Crippen LogP contribution in [-0.4, -0.2) is 34.2 Å². The number of carbonyl (C=O) groups is 1. The topological polar surface area (TPSA) is 48.4 Å². The summed E-state index contributed by atoms with van der Waals surface area (Å²) in [5, 5.41) is 0.470. The smallest absolute Gasteiger partial charge is 0.400 e. The van der Waals surface area contributed by atoms with Gasteiger partial charge >= 0.3 is 7.12 Å². The second-order valence-electron chi connectivity index (χ2n) is 6.47. The number of thioether (sulfide) groups is 1. The van der Waals surface area contributed by atoms with E-state index < -0.39 is 18.3 Å². The van der Waals surface area contributed by atoms with E-state index in [1.54, 1.807) is 13.0 Å². The van der Waals surface area contributed by atoms with Crippen molar-refractivity contribution < 1.29 is 14.1 Å². The molecule has 4 nitrogen and oxygen atoms in total. The van der Waals surface area contributed by atoms with Crippen LogP contribution in [-0.2, 0) is 14.1 Å². The summed E-state index contributed by atoms with van der Waals surface area (Å²) in [6.45, 7) is 9.55. The Bertz CT molecular complexity index is 618. The molecule has 1 aromatic rings. The van der Waals surface area contributed by atoms with Gasteiger partial charge in [0.1, 0.15) is 5.15 Å². The lowest BCUT2D eigenvalue weighted by Gasteiger charge is -2.32. The standard InChI is InChI=1S/C16H21BClNO3S/c1-11(20)23-10-12(9-13-7-6-8-14(18)19-13)17-21-15(2,3)16(4,5)22-17/h6-9H,10H2,1-5H3. The quantitative estimate of drug-likeness (QED) is 0.604. The Morgan fingerprint density at radius 3 is 2.43 bits per heavy atom. The van der Waals surface area contributed by atoms with Crippen molar-refractivity contribution in [3.8, 4) is 0 Å². The molecule has 0 aromatic carbocycles. The molecule has 0 atom stereocenters. The maximum Gasteiger partial charge on any atom is 0.491 e. The lowest BCUT2D eigenvalue weighted by molar-refractivity contribution is -0.109. The van der Waals surface area contributed by atoms with Crippen molar-refractivity contribution in [2.24, 2.45) is 0 Å². The van der Waals surface area contributed by atoms with E-state index in [0.29, 0.717) is 16.6 Å². The highest BCUT2D eigenvalue weighted by atomic mass is 35.5. The van der Waals surface area contributed by atoms with Gasteiger partial charge in [-0.25, -0.2) is 4.98 Å². The van der Waals surface area contributed by atoms with E-state index in [0.717, 1.165) is 5.47 Å². The van der Waals surface area contributed by atoms with Gasteiger partial charge in [0.15, 0.2) is 5.12 Å². The van der Waals surface area contributed by atoms with Crippen molar-refractivity contribution in [3.63, 3.8) is 0 Å². The summed E-state index contributed by atoms with van der Waals surface area (Å²) < 4.78 is 12.2. The fourth-order valence-electron chi connectivity index (χ4n) is 2.05. The summed E-state index contributed by atoms with van der Waals surface area (Å²) in [5.41, 5.74) is 0.712. The zero-order valence-electron chi connectivity index (χ0n) is 14.1. The molecule has 0 spiro atoms. The van der Waals surface area contributed by atoms with Gasteiger partial charge in [0.2, 0.25) is 0 Å². The van der Waals surface area contributed by atoms with Crippen LogP contribution in [0.25, 0.3) is 6.08 Å². The van der Waals surface area contributed by atoms with Gasteiger partial charge in [0, 0.05) is 12.7 Å². The van der Waals surface area contributed by atoms with Crippen molar-refractivity contribution in [2.45, 2.75) is 45.8 Å². The van der Waals surface area contributed by atoms with E-state index >= 15 is 0 Å². The second kappa shape index (κ2) is 6.97. The van der Waals surface area contributed by atoms with Crippen molar-refractivity contribution in [1.82, 2.24) is 4.98 Å². The van der Waals surface area contributed by atoms with Crippen LogP contribution < -0.4 is 0 Å². The minimum atomic E-state index is -0.507. The molecule has 1 aliphatic heterocycles. The highest BCUT2D eigenvalue weighted by molar-refractivity contribution is 8.13. The molecule has 0 bridgehead atoms. The largest absolute Gasteiger partial charge is 0.491 e. The van der Waals surface area contributed by atoms with E-state index in [-0.39, 0.29) is 5.12 Å². The maximum absolute atomic E-state index is 11.3. The number of hydrogen-bond donors (Lipinski definition) is 0. The SMILES string of the molecule is CC(=O)SCC(=Cc1cccc(Cl)n1)B1OC(C)(C)C(C)(C)O1. The van der Waals surface area contributed by atoms with Crippen LogP contribution in [0.4, 0.5) is 0 Å². The Hall–Kier alpha value is -0.815. The van der Waals surface area contributed by atoms with Crippen molar-refractivity contribution in [3.05, 3.63) is 34.5 Å². The van der Waals surface area contributed by atoms with Crippen LogP contribution in [0.2, 0.25) is 5.15 Å². The molecule has 7 heteroatoms. The fourth-order valence-corrected chi connectivity index (χ4v) is 2.81. The van der Waals surface area contributed by atoms with E-state index in [2.05, 4.69) is 4.98 Å². The molecule has 124 valence electrons. The second-order valence-corrected chi connectivity index (χ2v) is 8.01. The highest BCUT2D eigenvalue weighted by Gasteiger charge is 2.52. The Kier molecular flexibility index (Phi) is 5.61. The lowest BCUT2D eigenvalue weighted by Crippen LogP contribution is -2.41.